The zero-order valence-electron chi connectivity index (χ0n) is 18.7. The first kappa shape index (κ1) is 23.0. The van der Waals surface area contributed by atoms with Crippen LogP contribution < -0.4 is 9.47 Å². The summed E-state index contributed by atoms with van der Waals surface area (Å²) in [4.78, 5) is 16.9. The summed E-state index contributed by atoms with van der Waals surface area (Å²) in [6.07, 6.45) is 1.71. The quantitative estimate of drug-likeness (QED) is 0.198. The van der Waals surface area contributed by atoms with Gasteiger partial charge in [0.25, 0.3) is 0 Å². The van der Waals surface area contributed by atoms with Gasteiger partial charge in [-0.25, -0.2) is 9.79 Å². The number of cyclic esters (lactones) is 1. The van der Waals surface area contributed by atoms with Gasteiger partial charge >= 0.3 is 5.97 Å². The van der Waals surface area contributed by atoms with Gasteiger partial charge in [-0.2, -0.15) is 0 Å². The zero-order chi connectivity index (χ0) is 23.4. The Bertz CT molecular complexity index is 1250. The van der Waals surface area contributed by atoms with Gasteiger partial charge in [0.15, 0.2) is 17.2 Å². The van der Waals surface area contributed by atoms with Crippen LogP contribution in [0, 0.1) is 17.4 Å². The first-order chi connectivity index (χ1) is 15.9. The highest BCUT2D eigenvalue weighted by molar-refractivity contribution is 14.1. The molecule has 33 heavy (non-hydrogen) atoms. The molecule has 0 aliphatic carbocycles. The lowest BCUT2D eigenvalue weighted by Crippen LogP contribution is -2.06. The van der Waals surface area contributed by atoms with Crippen molar-refractivity contribution in [1.29, 1.82) is 0 Å². The number of nitrogens with zero attached hydrogens (tertiary/aromatic N) is 1. The minimum absolute atomic E-state index is 0.250. The Labute approximate surface area is 207 Å². The Balaban J connectivity index is 1.61. The molecule has 0 unspecified atom stereocenters. The van der Waals surface area contributed by atoms with E-state index in [1.807, 2.05) is 50.2 Å². The molecule has 0 amide bonds. The maximum absolute atomic E-state index is 12.5. The van der Waals surface area contributed by atoms with Crippen LogP contribution in [0.15, 0.2) is 71.4 Å². The van der Waals surface area contributed by atoms with E-state index in [1.165, 1.54) is 5.56 Å². The van der Waals surface area contributed by atoms with Crippen LogP contribution in [0.2, 0.25) is 0 Å². The van der Waals surface area contributed by atoms with Crippen molar-refractivity contribution in [1.82, 2.24) is 0 Å². The van der Waals surface area contributed by atoms with E-state index in [1.54, 1.807) is 6.08 Å². The minimum atomic E-state index is -0.471. The molecule has 1 aliphatic rings. The molecule has 0 radical (unpaired) electrons. The number of hydrogen-bond donors (Lipinski definition) is 0. The van der Waals surface area contributed by atoms with Crippen molar-refractivity contribution in [2.24, 2.45) is 4.99 Å². The molecule has 0 atom stereocenters. The number of carbonyl (C=O) groups is 1. The fourth-order valence-electron chi connectivity index (χ4n) is 3.41. The van der Waals surface area contributed by atoms with Crippen LogP contribution in [0.4, 0.5) is 0 Å². The van der Waals surface area contributed by atoms with Gasteiger partial charge in [0, 0.05) is 5.56 Å². The smallest absolute Gasteiger partial charge is 0.363 e. The van der Waals surface area contributed by atoms with Gasteiger partial charge in [0.1, 0.15) is 6.61 Å². The van der Waals surface area contributed by atoms with Crippen molar-refractivity contribution in [3.05, 3.63) is 97.7 Å². The van der Waals surface area contributed by atoms with Crippen LogP contribution in [0.3, 0.4) is 0 Å². The highest BCUT2D eigenvalue weighted by atomic mass is 127. The number of rotatable bonds is 7. The third-order valence-corrected chi connectivity index (χ3v) is 5.94. The summed E-state index contributed by atoms with van der Waals surface area (Å²) in [5, 5.41) is 0. The number of aliphatic imine (C=N–C) groups is 1. The number of aryl methyl sites for hydroxylation is 2. The van der Waals surface area contributed by atoms with E-state index in [2.05, 4.69) is 58.8 Å². The number of carbonyl (C=O) groups excluding carboxylic acids is 1. The van der Waals surface area contributed by atoms with Gasteiger partial charge in [-0.1, -0.05) is 48.0 Å². The zero-order valence-corrected chi connectivity index (χ0v) is 20.9. The molecule has 0 fully saturated rings. The predicted molar refractivity (Wildman–Crippen MR) is 138 cm³/mol. The lowest BCUT2D eigenvalue weighted by atomic mass is 10.1. The summed E-state index contributed by atoms with van der Waals surface area (Å²) in [6.45, 7) is 6.87. The number of halogens is 1. The second kappa shape index (κ2) is 10.2. The van der Waals surface area contributed by atoms with Crippen molar-refractivity contribution >= 4 is 40.5 Å². The molecular weight excluding hydrogens is 529 g/mol. The lowest BCUT2D eigenvalue weighted by molar-refractivity contribution is -0.129. The average molecular weight is 553 g/mol. The Hall–Kier alpha value is -3.13. The average Bonchev–Trinajstić information content (AvgIpc) is 3.15. The molecular formula is C27H24INO4. The van der Waals surface area contributed by atoms with Gasteiger partial charge < -0.3 is 14.2 Å². The SMILES string of the molecule is CCOc1cc(/C=C2\N=C(c3ccccc3C)OC2=O)cc(I)c1OCc1ccc(C)cc1. The summed E-state index contributed by atoms with van der Waals surface area (Å²) >= 11 is 2.22. The molecule has 4 rings (SSSR count). The standard InChI is InChI=1S/C27H24INO4/c1-4-31-24-15-20(13-22(28)25(24)32-16-19-11-9-17(2)10-12-19)14-23-27(30)33-26(29-23)21-8-6-5-7-18(21)3/h5-15H,4,16H2,1-3H3/b23-14-. The molecule has 0 spiro atoms. The molecule has 3 aromatic rings. The minimum Gasteiger partial charge on any atom is -0.490 e. The first-order valence-electron chi connectivity index (χ1n) is 10.7. The molecule has 1 aliphatic heterocycles. The van der Waals surface area contributed by atoms with Crippen LogP contribution in [0.5, 0.6) is 11.5 Å². The number of hydrogen-bond acceptors (Lipinski definition) is 5. The molecule has 0 saturated carbocycles. The summed E-state index contributed by atoms with van der Waals surface area (Å²) in [7, 11) is 0. The monoisotopic (exact) mass is 553 g/mol. The topological polar surface area (TPSA) is 57.1 Å². The van der Waals surface area contributed by atoms with Crippen molar-refractivity contribution in [2.75, 3.05) is 6.61 Å². The van der Waals surface area contributed by atoms with E-state index >= 15 is 0 Å². The molecule has 0 bridgehead atoms. The van der Waals surface area contributed by atoms with E-state index in [-0.39, 0.29) is 5.70 Å². The van der Waals surface area contributed by atoms with Crippen LogP contribution in [-0.4, -0.2) is 18.5 Å². The fourth-order valence-corrected chi connectivity index (χ4v) is 4.19. The molecule has 5 nitrogen and oxygen atoms in total. The maximum Gasteiger partial charge on any atom is 0.363 e. The van der Waals surface area contributed by atoms with Gasteiger partial charge in [-0.3, -0.25) is 0 Å². The predicted octanol–water partition coefficient (Wildman–Crippen LogP) is 6.23. The van der Waals surface area contributed by atoms with E-state index in [9.17, 15) is 4.79 Å². The summed E-state index contributed by atoms with van der Waals surface area (Å²) in [5.41, 5.74) is 5.12. The van der Waals surface area contributed by atoms with Gasteiger partial charge in [0.2, 0.25) is 5.90 Å². The molecule has 1 heterocycles. The molecule has 0 saturated heterocycles. The van der Waals surface area contributed by atoms with E-state index < -0.39 is 5.97 Å². The van der Waals surface area contributed by atoms with Crippen molar-refractivity contribution < 1.29 is 19.0 Å². The molecule has 3 aromatic carbocycles. The Morgan fingerprint density at radius 1 is 1.03 bits per heavy atom. The Morgan fingerprint density at radius 3 is 2.52 bits per heavy atom. The largest absolute Gasteiger partial charge is 0.490 e. The maximum atomic E-state index is 12.5. The molecule has 0 aromatic heterocycles. The van der Waals surface area contributed by atoms with E-state index in [0.717, 1.165) is 25.8 Å². The van der Waals surface area contributed by atoms with Crippen LogP contribution in [0.25, 0.3) is 6.08 Å². The second-order valence-corrected chi connectivity index (χ2v) is 8.85. The molecule has 6 heteroatoms. The summed E-state index contributed by atoms with van der Waals surface area (Å²) < 4.78 is 18.3. The van der Waals surface area contributed by atoms with Crippen LogP contribution >= 0.6 is 22.6 Å². The molecule has 168 valence electrons. The van der Waals surface area contributed by atoms with Crippen LogP contribution in [0.1, 0.15) is 34.7 Å². The van der Waals surface area contributed by atoms with E-state index in [0.29, 0.717) is 30.6 Å². The normalized spacial score (nSPS) is 14.2. The van der Waals surface area contributed by atoms with E-state index in [4.69, 9.17) is 14.2 Å². The summed E-state index contributed by atoms with van der Waals surface area (Å²) in [5.74, 6) is 1.15. The van der Waals surface area contributed by atoms with Crippen molar-refractivity contribution in [3.63, 3.8) is 0 Å². The summed E-state index contributed by atoms with van der Waals surface area (Å²) in [6, 6.07) is 19.7. The highest BCUT2D eigenvalue weighted by Crippen LogP contribution is 2.36. The Kier molecular flexibility index (Phi) is 7.13. The molecule has 0 N–H and O–H groups in total. The lowest BCUT2D eigenvalue weighted by Gasteiger charge is -2.15. The third-order valence-electron chi connectivity index (χ3n) is 5.13. The third kappa shape index (κ3) is 5.45. The van der Waals surface area contributed by atoms with Gasteiger partial charge in [0.05, 0.1) is 10.2 Å². The fraction of sp³-hybridized carbons (Fsp3) is 0.185. The van der Waals surface area contributed by atoms with Crippen LogP contribution in [-0.2, 0) is 16.1 Å². The highest BCUT2D eigenvalue weighted by Gasteiger charge is 2.25. The number of ether oxygens (including phenoxy) is 3. The van der Waals surface area contributed by atoms with Gasteiger partial charge in [-0.05, 0) is 84.3 Å². The first-order valence-corrected chi connectivity index (χ1v) is 11.8. The van der Waals surface area contributed by atoms with Crippen molar-refractivity contribution in [2.45, 2.75) is 27.4 Å². The van der Waals surface area contributed by atoms with Crippen molar-refractivity contribution in [3.8, 4) is 11.5 Å². The van der Waals surface area contributed by atoms with Gasteiger partial charge in [-0.15, -0.1) is 0 Å². The Morgan fingerprint density at radius 2 is 1.79 bits per heavy atom. The second-order valence-electron chi connectivity index (χ2n) is 7.69. The number of benzene rings is 3. The number of esters is 1.